The normalized spacial score (nSPS) is 9.62. The van der Waals surface area contributed by atoms with Crippen LogP contribution in [0.1, 0.15) is 16.7 Å². The first-order valence-electron chi connectivity index (χ1n) is 4.50. The van der Waals surface area contributed by atoms with Gasteiger partial charge in [0.15, 0.2) is 0 Å². The Morgan fingerprint density at radius 1 is 1.62 bits per heavy atom. The number of ether oxygens (including phenoxy) is 1. The minimum Gasteiger partial charge on any atom is -0.469 e. The molecule has 0 heterocycles. The number of rotatable bonds is 3. The number of alkyl halides is 1. The first-order chi connectivity index (χ1) is 7.63. The topological polar surface area (TPSA) is 50.1 Å². The average Bonchev–Trinajstić information content (AvgIpc) is 2.30. The molecule has 0 unspecified atom stereocenters. The molecular formula is C11H10ClNO2S. The van der Waals surface area contributed by atoms with E-state index in [2.05, 4.69) is 17.4 Å². The second kappa shape index (κ2) is 5.78. The number of carbonyl (C=O) groups excluding carboxylic acids is 1. The molecule has 0 fully saturated rings. The van der Waals surface area contributed by atoms with Gasteiger partial charge in [-0.05, 0) is 17.2 Å². The number of esters is 1. The molecule has 0 bridgehead atoms. The van der Waals surface area contributed by atoms with E-state index in [1.807, 2.05) is 6.07 Å². The number of benzene rings is 1. The van der Waals surface area contributed by atoms with Crippen LogP contribution in [0.15, 0.2) is 17.0 Å². The summed E-state index contributed by atoms with van der Waals surface area (Å²) in [5.74, 6) is -0.194. The van der Waals surface area contributed by atoms with Gasteiger partial charge in [-0.1, -0.05) is 6.07 Å². The predicted molar refractivity (Wildman–Crippen MR) is 63.7 cm³/mol. The van der Waals surface area contributed by atoms with E-state index in [1.165, 1.54) is 7.11 Å². The van der Waals surface area contributed by atoms with Gasteiger partial charge in [0.05, 0.1) is 25.2 Å². The van der Waals surface area contributed by atoms with Crippen molar-refractivity contribution in [3.63, 3.8) is 0 Å². The van der Waals surface area contributed by atoms with Crippen LogP contribution < -0.4 is 0 Å². The Balaban J connectivity index is 3.21. The first kappa shape index (κ1) is 12.9. The Labute approximate surface area is 104 Å². The van der Waals surface area contributed by atoms with Crippen LogP contribution in [0.3, 0.4) is 0 Å². The number of halogens is 1. The van der Waals surface area contributed by atoms with E-state index in [0.717, 1.165) is 0 Å². The maximum absolute atomic E-state index is 11.2. The largest absolute Gasteiger partial charge is 0.469 e. The fraction of sp³-hybridized carbons (Fsp3) is 0.273. The van der Waals surface area contributed by atoms with Gasteiger partial charge in [-0.3, -0.25) is 4.79 Å². The summed E-state index contributed by atoms with van der Waals surface area (Å²) in [5, 5.41) is 9.05. The molecule has 0 aliphatic carbocycles. The molecule has 84 valence electrons. The Morgan fingerprint density at radius 2 is 2.31 bits per heavy atom. The summed E-state index contributed by atoms with van der Waals surface area (Å²) >= 11 is 9.95. The monoisotopic (exact) mass is 255 g/mol. The number of nitrogens with zero attached hydrogens (tertiary/aromatic N) is 1. The maximum atomic E-state index is 11.2. The summed E-state index contributed by atoms with van der Waals surface area (Å²) in [6, 6.07) is 5.45. The SMILES string of the molecule is COC(=O)Cc1ccc(S)c(CCl)c1C#N. The third-order valence-electron chi connectivity index (χ3n) is 2.18. The van der Waals surface area contributed by atoms with Crippen molar-refractivity contribution < 1.29 is 9.53 Å². The number of thiol groups is 1. The zero-order valence-corrected chi connectivity index (χ0v) is 10.3. The highest BCUT2D eigenvalue weighted by Gasteiger charge is 2.13. The Morgan fingerprint density at radius 3 is 2.81 bits per heavy atom. The molecule has 0 saturated heterocycles. The molecule has 1 aromatic carbocycles. The fourth-order valence-electron chi connectivity index (χ4n) is 1.33. The Kier molecular flexibility index (Phi) is 4.66. The van der Waals surface area contributed by atoms with Crippen LogP contribution in [-0.4, -0.2) is 13.1 Å². The van der Waals surface area contributed by atoms with Crippen molar-refractivity contribution in [3.05, 3.63) is 28.8 Å². The van der Waals surface area contributed by atoms with Crippen molar-refractivity contribution >= 4 is 30.2 Å². The Hall–Kier alpha value is -1.18. The predicted octanol–water partition coefficient (Wildman–Crippen LogP) is 2.30. The third kappa shape index (κ3) is 2.69. The summed E-state index contributed by atoms with van der Waals surface area (Å²) < 4.78 is 4.56. The summed E-state index contributed by atoms with van der Waals surface area (Å²) in [6.07, 6.45) is 0.0668. The molecule has 1 rings (SSSR count). The number of methoxy groups -OCH3 is 1. The summed E-state index contributed by atoms with van der Waals surface area (Å²) in [6.45, 7) is 0. The zero-order chi connectivity index (χ0) is 12.1. The van der Waals surface area contributed by atoms with E-state index in [9.17, 15) is 4.79 Å². The van der Waals surface area contributed by atoms with Crippen molar-refractivity contribution in [2.24, 2.45) is 0 Å². The van der Waals surface area contributed by atoms with Gasteiger partial charge in [-0.25, -0.2) is 0 Å². The van der Waals surface area contributed by atoms with Crippen LogP contribution in [0.25, 0.3) is 0 Å². The van der Waals surface area contributed by atoms with Crippen LogP contribution in [0.5, 0.6) is 0 Å². The second-order valence-electron chi connectivity index (χ2n) is 3.10. The highest BCUT2D eigenvalue weighted by atomic mass is 35.5. The van der Waals surface area contributed by atoms with Gasteiger partial charge in [0.25, 0.3) is 0 Å². The number of carbonyl (C=O) groups is 1. The fourth-order valence-corrected chi connectivity index (χ4v) is 1.97. The lowest BCUT2D eigenvalue weighted by atomic mass is 10.0. The van der Waals surface area contributed by atoms with Crippen LogP contribution in [-0.2, 0) is 21.8 Å². The van der Waals surface area contributed by atoms with E-state index < -0.39 is 0 Å². The smallest absolute Gasteiger partial charge is 0.310 e. The lowest BCUT2D eigenvalue weighted by molar-refractivity contribution is -0.139. The lowest BCUT2D eigenvalue weighted by Gasteiger charge is -2.08. The summed E-state index contributed by atoms with van der Waals surface area (Å²) in [7, 11) is 1.31. The van der Waals surface area contributed by atoms with E-state index >= 15 is 0 Å². The highest BCUT2D eigenvalue weighted by Crippen LogP contribution is 2.24. The molecule has 0 amide bonds. The number of hydrogen-bond acceptors (Lipinski definition) is 4. The van der Waals surface area contributed by atoms with Gasteiger partial charge >= 0.3 is 5.97 Å². The van der Waals surface area contributed by atoms with E-state index in [1.54, 1.807) is 12.1 Å². The number of nitriles is 1. The molecule has 16 heavy (non-hydrogen) atoms. The lowest BCUT2D eigenvalue weighted by Crippen LogP contribution is -2.07. The maximum Gasteiger partial charge on any atom is 0.310 e. The molecule has 5 heteroatoms. The minimum absolute atomic E-state index is 0.0668. The van der Waals surface area contributed by atoms with Crippen molar-refractivity contribution in [1.29, 1.82) is 5.26 Å². The van der Waals surface area contributed by atoms with E-state index in [4.69, 9.17) is 16.9 Å². The van der Waals surface area contributed by atoms with E-state index in [0.29, 0.717) is 21.6 Å². The van der Waals surface area contributed by atoms with Crippen LogP contribution in [0.4, 0.5) is 0 Å². The molecule has 1 aromatic rings. The van der Waals surface area contributed by atoms with Crippen LogP contribution >= 0.6 is 24.2 Å². The van der Waals surface area contributed by atoms with Gasteiger partial charge in [0.1, 0.15) is 0 Å². The van der Waals surface area contributed by atoms with Crippen molar-refractivity contribution in [3.8, 4) is 6.07 Å². The molecule has 0 radical (unpaired) electrons. The van der Waals surface area contributed by atoms with Crippen molar-refractivity contribution in [2.45, 2.75) is 17.2 Å². The minimum atomic E-state index is -0.385. The molecule has 0 aliphatic rings. The van der Waals surface area contributed by atoms with Crippen LogP contribution in [0, 0.1) is 11.3 Å². The first-order valence-corrected chi connectivity index (χ1v) is 5.48. The molecule has 0 atom stereocenters. The average molecular weight is 256 g/mol. The Bertz CT molecular complexity index is 454. The third-order valence-corrected chi connectivity index (χ3v) is 2.87. The molecule has 0 spiro atoms. The van der Waals surface area contributed by atoms with Gasteiger partial charge in [-0.15, -0.1) is 24.2 Å². The molecule has 0 N–H and O–H groups in total. The molecule has 0 saturated carbocycles. The number of hydrogen-bond donors (Lipinski definition) is 1. The molecular weight excluding hydrogens is 246 g/mol. The van der Waals surface area contributed by atoms with Crippen molar-refractivity contribution in [2.75, 3.05) is 7.11 Å². The summed E-state index contributed by atoms with van der Waals surface area (Å²) in [5.41, 5.74) is 1.67. The van der Waals surface area contributed by atoms with Crippen LogP contribution in [0.2, 0.25) is 0 Å². The van der Waals surface area contributed by atoms with Gasteiger partial charge in [-0.2, -0.15) is 5.26 Å². The molecule has 0 aliphatic heterocycles. The van der Waals surface area contributed by atoms with Crippen molar-refractivity contribution in [1.82, 2.24) is 0 Å². The molecule has 0 aromatic heterocycles. The zero-order valence-electron chi connectivity index (χ0n) is 8.66. The standard InChI is InChI=1S/C11H10ClNO2S/c1-15-11(14)4-7-2-3-10(16)8(5-12)9(7)6-13/h2-3,16H,4-5H2,1H3. The quantitative estimate of drug-likeness (QED) is 0.512. The van der Waals surface area contributed by atoms with Gasteiger partial charge in [0.2, 0.25) is 0 Å². The second-order valence-corrected chi connectivity index (χ2v) is 3.84. The molecule has 3 nitrogen and oxygen atoms in total. The summed E-state index contributed by atoms with van der Waals surface area (Å²) in [4.78, 5) is 11.8. The van der Waals surface area contributed by atoms with Gasteiger partial charge in [0, 0.05) is 10.8 Å². The van der Waals surface area contributed by atoms with E-state index in [-0.39, 0.29) is 18.3 Å². The highest BCUT2D eigenvalue weighted by molar-refractivity contribution is 7.80. The van der Waals surface area contributed by atoms with Gasteiger partial charge < -0.3 is 4.74 Å².